The van der Waals surface area contributed by atoms with Crippen LogP contribution in [0.3, 0.4) is 0 Å². The SMILES string of the molecule is CC1OCCC1COC(=S)S. The Bertz CT molecular complexity index is 149. The molecule has 1 rings (SSSR count). The van der Waals surface area contributed by atoms with Gasteiger partial charge < -0.3 is 9.47 Å². The smallest absolute Gasteiger partial charge is 0.216 e. The van der Waals surface area contributed by atoms with Gasteiger partial charge in [-0.2, -0.15) is 0 Å². The second kappa shape index (κ2) is 4.28. The zero-order chi connectivity index (χ0) is 8.27. The molecule has 1 aliphatic heterocycles. The zero-order valence-electron chi connectivity index (χ0n) is 6.45. The fourth-order valence-electron chi connectivity index (χ4n) is 1.17. The number of hydrogen-bond acceptors (Lipinski definition) is 3. The first kappa shape index (κ1) is 9.29. The van der Waals surface area contributed by atoms with E-state index in [0.717, 1.165) is 13.0 Å². The largest absolute Gasteiger partial charge is 0.478 e. The average Bonchev–Trinajstić information content (AvgIpc) is 2.31. The van der Waals surface area contributed by atoms with Gasteiger partial charge in [0.15, 0.2) is 0 Å². The average molecular weight is 192 g/mol. The van der Waals surface area contributed by atoms with Gasteiger partial charge >= 0.3 is 0 Å². The summed E-state index contributed by atoms with van der Waals surface area (Å²) in [4.78, 5) is 0. The highest BCUT2D eigenvalue weighted by Gasteiger charge is 2.24. The number of thiocarbonyl (C=S) groups is 1. The Morgan fingerprint density at radius 1 is 1.82 bits per heavy atom. The van der Waals surface area contributed by atoms with Gasteiger partial charge in [-0.3, -0.25) is 0 Å². The van der Waals surface area contributed by atoms with Gasteiger partial charge in [0.25, 0.3) is 0 Å². The van der Waals surface area contributed by atoms with Crippen LogP contribution in [0, 0.1) is 5.92 Å². The Morgan fingerprint density at radius 2 is 2.55 bits per heavy atom. The third-order valence-electron chi connectivity index (χ3n) is 1.95. The van der Waals surface area contributed by atoms with Gasteiger partial charge in [0.1, 0.15) is 0 Å². The monoisotopic (exact) mass is 192 g/mol. The van der Waals surface area contributed by atoms with E-state index in [1.165, 1.54) is 0 Å². The van der Waals surface area contributed by atoms with Crippen LogP contribution in [-0.2, 0) is 9.47 Å². The molecule has 11 heavy (non-hydrogen) atoms. The summed E-state index contributed by atoms with van der Waals surface area (Å²) in [7, 11) is 0. The Balaban J connectivity index is 2.20. The van der Waals surface area contributed by atoms with E-state index in [9.17, 15) is 0 Å². The fraction of sp³-hybridized carbons (Fsp3) is 0.857. The first-order chi connectivity index (χ1) is 5.20. The summed E-state index contributed by atoms with van der Waals surface area (Å²) in [5.74, 6) is 0.486. The summed E-state index contributed by atoms with van der Waals surface area (Å²) in [5, 5.41) is 0. The molecular formula is C7H12O2S2. The number of rotatable bonds is 2. The van der Waals surface area contributed by atoms with Crippen molar-refractivity contribution < 1.29 is 9.47 Å². The van der Waals surface area contributed by atoms with E-state index in [1.54, 1.807) is 0 Å². The Hall–Kier alpha value is 0.200. The molecule has 0 radical (unpaired) electrons. The van der Waals surface area contributed by atoms with Crippen molar-refractivity contribution in [1.82, 2.24) is 0 Å². The topological polar surface area (TPSA) is 18.5 Å². The van der Waals surface area contributed by atoms with E-state index in [2.05, 4.69) is 31.8 Å². The van der Waals surface area contributed by atoms with Crippen molar-refractivity contribution >= 4 is 29.2 Å². The summed E-state index contributed by atoms with van der Waals surface area (Å²) in [6.45, 7) is 3.54. The van der Waals surface area contributed by atoms with Crippen molar-refractivity contribution in [3.05, 3.63) is 0 Å². The number of hydrogen-bond donors (Lipinski definition) is 1. The maximum atomic E-state index is 5.35. The first-order valence-electron chi connectivity index (χ1n) is 3.67. The van der Waals surface area contributed by atoms with Gasteiger partial charge in [-0.15, -0.1) is 0 Å². The highest BCUT2D eigenvalue weighted by Crippen LogP contribution is 2.20. The molecule has 2 nitrogen and oxygen atoms in total. The van der Waals surface area contributed by atoms with Crippen molar-refractivity contribution in [2.45, 2.75) is 19.4 Å². The molecule has 0 aliphatic carbocycles. The van der Waals surface area contributed by atoms with Crippen LogP contribution < -0.4 is 0 Å². The molecule has 2 unspecified atom stereocenters. The second-order valence-electron chi connectivity index (χ2n) is 2.70. The van der Waals surface area contributed by atoms with Crippen LogP contribution in [0.2, 0.25) is 0 Å². The predicted molar refractivity (Wildman–Crippen MR) is 51.1 cm³/mol. The fourth-order valence-corrected chi connectivity index (χ4v) is 1.32. The molecule has 0 bridgehead atoms. The standard InChI is InChI=1S/C7H12O2S2/c1-5-6(2-3-8-5)4-9-7(10)11/h5-6H,2-4H2,1H3,(H,10,11). The lowest BCUT2D eigenvalue weighted by atomic mass is 10.0. The van der Waals surface area contributed by atoms with Gasteiger partial charge in [0, 0.05) is 12.5 Å². The van der Waals surface area contributed by atoms with Crippen LogP contribution in [0.15, 0.2) is 0 Å². The molecule has 0 aromatic heterocycles. The van der Waals surface area contributed by atoms with E-state index < -0.39 is 0 Å². The second-order valence-corrected chi connectivity index (χ2v) is 3.78. The lowest BCUT2D eigenvalue weighted by molar-refractivity contribution is 0.0900. The van der Waals surface area contributed by atoms with Crippen LogP contribution in [0.25, 0.3) is 0 Å². The minimum absolute atomic E-state index is 0.303. The van der Waals surface area contributed by atoms with Crippen LogP contribution in [-0.4, -0.2) is 23.7 Å². The predicted octanol–water partition coefficient (Wildman–Crippen LogP) is 1.64. The van der Waals surface area contributed by atoms with Crippen molar-refractivity contribution in [2.75, 3.05) is 13.2 Å². The van der Waals surface area contributed by atoms with E-state index >= 15 is 0 Å². The molecule has 0 saturated carbocycles. The van der Waals surface area contributed by atoms with Crippen LogP contribution >= 0.6 is 24.8 Å². The molecule has 1 fully saturated rings. The van der Waals surface area contributed by atoms with Crippen LogP contribution in [0.4, 0.5) is 0 Å². The summed E-state index contributed by atoms with van der Waals surface area (Å²) in [5.41, 5.74) is 0. The summed E-state index contributed by atoms with van der Waals surface area (Å²) in [6, 6.07) is 0. The summed E-state index contributed by atoms with van der Waals surface area (Å²) >= 11 is 8.54. The molecule has 0 spiro atoms. The molecule has 0 amide bonds. The highest BCUT2D eigenvalue weighted by atomic mass is 32.1. The van der Waals surface area contributed by atoms with E-state index in [-0.39, 0.29) is 0 Å². The lowest BCUT2D eigenvalue weighted by Gasteiger charge is -2.13. The number of ether oxygens (including phenoxy) is 2. The highest BCUT2D eigenvalue weighted by molar-refractivity contribution is 8.10. The van der Waals surface area contributed by atoms with Gasteiger partial charge in [0.2, 0.25) is 4.38 Å². The van der Waals surface area contributed by atoms with Gasteiger partial charge in [-0.1, -0.05) is 12.6 Å². The third-order valence-corrected chi connectivity index (χ3v) is 2.20. The number of thiol groups is 1. The Labute approximate surface area is 77.7 Å². The van der Waals surface area contributed by atoms with Crippen molar-refractivity contribution in [1.29, 1.82) is 0 Å². The quantitative estimate of drug-likeness (QED) is 0.530. The Morgan fingerprint density at radius 3 is 3.00 bits per heavy atom. The molecule has 0 N–H and O–H groups in total. The molecule has 64 valence electrons. The Kier molecular flexibility index (Phi) is 3.62. The van der Waals surface area contributed by atoms with E-state index in [0.29, 0.717) is 23.0 Å². The van der Waals surface area contributed by atoms with Gasteiger partial charge in [-0.25, -0.2) is 0 Å². The normalized spacial score (nSPS) is 30.4. The van der Waals surface area contributed by atoms with E-state index in [1.807, 2.05) is 0 Å². The third kappa shape index (κ3) is 2.97. The molecule has 2 atom stereocenters. The molecule has 1 aliphatic rings. The molecular weight excluding hydrogens is 180 g/mol. The lowest BCUT2D eigenvalue weighted by Crippen LogP contribution is -2.17. The van der Waals surface area contributed by atoms with Gasteiger partial charge in [-0.05, 0) is 25.6 Å². The summed E-state index contributed by atoms with van der Waals surface area (Å²) in [6.07, 6.45) is 1.37. The minimum Gasteiger partial charge on any atom is -0.478 e. The van der Waals surface area contributed by atoms with Crippen molar-refractivity contribution in [3.63, 3.8) is 0 Å². The van der Waals surface area contributed by atoms with Gasteiger partial charge in [0.05, 0.1) is 12.7 Å². The van der Waals surface area contributed by atoms with Crippen LogP contribution in [0.1, 0.15) is 13.3 Å². The van der Waals surface area contributed by atoms with E-state index in [4.69, 9.17) is 9.47 Å². The van der Waals surface area contributed by atoms with Crippen molar-refractivity contribution in [2.24, 2.45) is 5.92 Å². The zero-order valence-corrected chi connectivity index (χ0v) is 8.16. The molecule has 0 aromatic rings. The maximum absolute atomic E-state index is 5.35. The first-order valence-corrected chi connectivity index (χ1v) is 4.53. The molecule has 1 heterocycles. The van der Waals surface area contributed by atoms with Crippen LogP contribution in [0.5, 0.6) is 0 Å². The molecule has 4 heteroatoms. The summed E-state index contributed by atoms with van der Waals surface area (Å²) < 4.78 is 10.8. The molecule has 0 aromatic carbocycles. The molecule has 1 saturated heterocycles. The minimum atomic E-state index is 0.303. The maximum Gasteiger partial charge on any atom is 0.216 e. The van der Waals surface area contributed by atoms with Crippen molar-refractivity contribution in [3.8, 4) is 0 Å².